The molecule has 0 aromatic carbocycles. The van der Waals surface area contributed by atoms with Crippen molar-refractivity contribution in [3.05, 3.63) is 22.8 Å². The number of hydrogen-bond acceptors (Lipinski definition) is 4. The molecule has 6 nitrogen and oxygen atoms in total. The Morgan fingerprint density at radius 1 is 1.47 bits per heavy atom. The van der Waals surface area contributed by atoms with E-state index < -0.39 is 12.0 Å². The highest BCUT2D eigenvalue weighted by atomic mass is 35.5. The zero-order valence-corrected chi connectivity index (χ0v) is 10.1. The molecule has 1 aromatic rings. The average Bonchev–Trinajstić information content (AvgIpc) is 2.27. The number of carbonyl (C=O) groups excluding carboxylic acids is 1. The molecule has 3 N–H and O–H groups in total. The first-order valence-electron chi connectivity index (χ1n) is 4.83. The lowest BCUT2D eigenvalue weighted by molar-refractivity contribution is -0.121. The molecule has 1 aromatic heterocycles. The third-order valence-electron chi connectivity index (χ3n) is 2.08. The zero-order chi connectivity index (χ0) is 13.0. The molecule has 92 valence electrons. The van der Waals surface area contributed by atoms with Crippen molar-refractivity contribution in [2.75, 3.05) is 12.4 Å². The summed E-state index contributed by atoms with van der Waals surface area (Å²) >= 11 is 5.67. The topological polar surface area (TPSA) is 91.3 Å². The number of nitrogens with zero attached hydrogens (tertiary/aromatic N) is 1. The van der Waals surface area contributed by atoms with Crippen LogP contribution in [0, 0.1) is 0 Å². The number of aromatic carboxylic acids is 1. The van der Waals surface area contributed by atoms with Crippen LogP contribution in [0.3, 0.4) is 0 Å². The number of pyridine rings is 1. The number of carbonyl (C=O) groups is 2. The summed E-state index contributed by atoms with van der Waals surface area (Å²) < 4.78 is 0. The van der Waals surface area contributed by atoms with Crippen molar-refractivity contribution in [1.29, 1.82) is 0 Å². The van der Waals surface area contributed by atoms with Crippen LogP contribution in [0.5, 0.6) is 0 Å². The van der Waals surface area contributed by atoms with Crippen LogP contribution in [0.2, 0.25) is 5.15 Å². The summed E-state index contributed by atoms with van der Waals surface area (Å²) in [5, 5.41) is 14.2. The highest BCUT2D eigenvalue weighted by Gasteiger charge is 2.17. The molecule has 0 aliphatic carbocycles. The van der Waals surface area contributed by atoms with E-state index in [0.717, 1.165) is 0 Å². The number of hydrogen-bond donors (Lipinski definition) is 3. The number of carboxylic acids is 1. The van der Waals surface area contributed by atoms with Crippen molar-refractivity contribution in [3.8, 4) is 0 Å². The number of carboxylic acid groups (broad SMARTS) is 1. The molecule has 1 heterocycles. The van der Waals surface area contributed by atoms with Crippen molar-refractivity contribution in [2.45, 2.75) is 13.0 Å². The molecule has 1 unspecified atom stereocenters. The molecule has 1 amide bonds. The monoisotopic (exact) mass is 257 g/mol. The van der Waals surface area contributed by atoms with Gasteiger partial charge in [0.25, 0.3) is 0 Å². The molecule has 0 saturated carbocycles. The number of anilines is 1. The summed E-state index contributed by atoms with van der Waals surface area (Å²) in [7, 11) is 1.49. The predicted molar refractivity (Wildman–Crippen MR) is 63.4 cm³/mol. The standard InChI is InChI=1S/C10H12ClN3O3/c1-5(9(15)12-2)13-8-6(10(16)17)3-4-7(11)14-8/h3-5H,1-2H3,(H,12,15)(H,13,14)(H,16,17). The van der Waals surface area contributed by atoms with Gasteiger partial charge in [-0.05, 0) is 19.1 Å². The Morgan fingerprint density at radius 2 is 2.12 bits per heavy atom. The first-order valence-corrected chi connectivity index (χ1v) is 5.21. The Hall–Kier alpha value is -1.82. The second-order valence-electron chi connectivity index (χ2n) is 3.32. The summed E-state index contributed by atoms with van der Waals surface area (Å²) in [6, 6.07) is 2.10. The lowest BCUT2D eigenvalue weighted by atomic mass is 10.2. The van der Waals surface area contributed by atoms with E-state index >= 15 is 0 Å². The first kappa shape index (κ1) is 13.2. The van der Waals surface area contributed by atoms with Gasteiger partial charge in [-0.1, -0.05) is 11.6 Å². The molecule has 0 bridgehead atoms. The quantitative estimate of drug-likeness (QED) is 0.700. The fourth-order valence-corrected chi connectivity index (χ4v) is 1.35. The van der Waals surface area contributed by atoms with Gasteiger partial charge in [0.05, 0.1) is 0 Å². The highest BCUT2D eigenvalue weighted by Crippen LogP contribution is 2.17. The molecular weight excluding hydrogens is 246 g/mol. The lowest BCUT2D eigenvalue weighted by Gasteiger charge is -2.14. The summed E-state index contributed by atoms with van der Waals surface area (Å²) in [6.07, 6.45) is 0. The lowest BCUT2D eigenvalue weighted by Crippen LogP contribution is -2.35. The molecule has 0 aliphatic rings. The second kappa shape index (κ2) is 5.49. The van der Waals surface area contributed by atoms with Crippen molar-refractivity contribution >= 4 is 29.3 Å². The molecule has 17 heavy (non-hydrogen) atoms. The Balaban J connectivity index is 3.00. The number of aromatic nitrogens is 1. The smallest absolute Gasteiger partial charge is 0.339 e. The van der Waals surface area contributed by atoms with Gasteiger partial charge in [0.15, 0.2) is 0 Å². The minimum absolute atomic E-state index is 0.0369. The molecule has 0 fully saturated rings. The van der Waals surface area contributed by atoms with E-state index in [0.29, 0.717) is 0 Å². The summed E-state index contributed by atoms with van der Waals surface area (Å²) in [6.45, 7) is 1.59. The highest BCUT2D eigenvalue weighted by molar-refractivity contribution is 6.29. The van der Waals surface area contributed by atoms with Crippen LogP contribution in [0.4, 0.5) is 5.82 Å². The van der Waals surface area contributed by atoms with Crippen LogP contribution < -0.4 is 10.6 Å². The molecular formula is C10H12ClN3O3. The third-order valence-corrected chi connectivity index (χ3v) is 2.30. The van der Waals surface area contributed by atoms with Crippen LogP contribution in [-0.4, -0.2) is 35.1 Å². The maximum Gasteiger partial charge on any atom is 0.339 e. The van der Waals surface area contributed by atoms with Gasteiger partial charge in [0.1, 0.15) is 22.6 Å². The fourth-order valence-electron chi connectivity index (χ4n) is 1.21. The Labute approximate surface area is 103 Å². The predicted octanol–water partition coefficient (Wildman–Crippen LogP) is 0.980. The van der Waals surface area contributed by atoms with E-state index in [-0.39, 0.29) is 22.4 Å². The molecule has 0 aliphatic heterocycles. The summed E-state index contributed by atoms with van der Waals surface area (Å²) in [4.78, 5) is 26.1. The average molecular weight is 258 g/mol. The molecule has 1 rings (SSSR count). The van der Waals surface area contributed by atoms with Gasteiger partial charge in [-0.25, -0.2) is 9.78 Å². The van der Waals surface area contributed by atoms with Crippen molar-refractivity contribution < 1.29 is 14.7 Å². The number of rotatable bonds is 4. The van der Waals surface area contributed by atoms with Crippen LogP contribution in [0.25, 0.3) is 0 Å². The van der Waals surface area contributed by atoms with Gasteiger partial charge < -0.3 is 15.7 Å². The largest absolute Gasteiger partial charge is 0.478 e. The first-order chi connectivity index (χ1) is 7.95. The summed E-state index contributed by atoms with van der Waals surface area (Å²) in [5.41, 5.74) is -0.0369. The zero-order valence-electron chi connectivity index (χ0n) is 9.32. The molecule has 7 heteroatoms. The Kier molecular flexibility index (Phi) is 4.28. The van der Waals surface area contributed by atoms with Crippen molar-refractivity contribution in [1.82, 2.24) is 10.3 Å². The minimum Gasteiger partial charge on any atom is -0.478 e. The Bertz CT molecular complexity index is 450. The van der Waals surface area contributed by atoms with Gasteiger partial charge in [-0.2, -0.15) is 0 Å². The minimum atomic E-state index is -1.14. The van der Waals surface area contributed by atoms with Crippen LogP contribution >= 0.6 is 11.6 Å². The van der Waals surface area contributed by atoms with Crippen LogP contribution in [0.1, 0.15) is 17.3 Å². The fraction of sp³-hybridized carbons (Fsp3) is 0.300. The second-order valence-corrected chi connectivity index (χ2v) is 3.70. The van der Waals surface area contributed by atoms with E-state index in [1.165, 1.54) is 19.2 Å². The normalized spacial score (nSPS) is 11.7. The Morgan fingerprint density at radius 3 is 2.65 bits per heavy atom. The molecule has 1 atom stereocenters. The van der Waals surface area contributed by atoms with Gasteiger partial charge in [0.2, 0.25) is 5.91 Å². The van der Waals surface area contributed by atoms with E-state index in [4.69, 9.17) is 16.7 Å². The van der Waals surface area contributed by atoms with E-state index in [9.17, 15) is 9.59 Å². The molecule has 0 saturated heterocycles. The van der Waals surface area contributed by atoms with Gasteiger partial charge in [0, 0.05) is 7.05 Å². The van der Waals surface area contributed by atoms with E-state index in [1.54, 1.807) is 6.92 Å². The maximum atomic E-state index is 11.3. The van der Waals surface area contributed by atoms with Crippen LogP contribution in [-0.2, 0) is 4.79 Å². The van der Waals surface area contributed by atoms with Gasteiger partial charge in [-0.3, -0.25) is 4.79 Å². The van der Waals surface area contributed by atoms with Crippen molar-refractivity contribution in [2.24, 2.45) is 0 Å². The van der Waals surface area contributed by atoms with Gasteiger partial charge >= 0.3 is 5.97 Å². The molecule has 0 spiro atoms. The van der Waals surface area contributed by atoms with E-state index in [1.807, 2.05) is 0 Å². The number of amides is 1. The van der Waals surface area contributed by atoms with E-state index in [2.05, 4.69) is 15.6 Å². The summed E-state index contributed by atoms with van der Waals surface area (Å²) in [5.74, 6) is -1.34. The van der Waals surface area contributed by atoms with Crippen molar-refractivity contribution in [3.63, 3.8) is 0 Å². The SMILES string of the molecule is CNC(=O)C(C)Nc1nc(Cl)ccc1C(=O)O. The number of nitrogens with one attached hydrogen (secondary N) is 2. The van der Waals surface area contributed by atoms with Gasteiger partial charge in [-0.15, -0.1) is 0 Å². The van der Waals surface area contributed by atoms with Crippen LogP contribution in [0.15, 0.2) is 12.1 Å². The number of halogens is 1. The third kappa shape index (κ3) is 3.32. The maximum absolute atomic E-state index is 11.3. The molecule has 0 radical (unpaired) electrons. The number of likely N-dealkylation sites (N-methyl/N-ethyl adjacent to an activating group) is 1.